The fraction of sp³-hybridized carbons (Fsp3) is 0.100. The molecule has 0 saturated carbocycles. The summed E-state index contributed by atoms with van der Waals surface area (Å²) in [5.41, 5.74) is -2.72. The second-order valence-electron chi connectivity index (χ2n) is 7.14. The van der Waals surface area contributed by atoms with E-state index in [9.17, 15) is 40.6 Å². The Bertz CT molecular complexity index is 1690. The Morgan fingerprint density at radius 2 is 1.41 bits per heavy atom. The van der Waals surface area contributed by atoms with Gasteiger partial charge in [-0.3, -0.25) is 9.11 Å². The highest BCUT2D eigenvalue weighted by molar-refractivity contribution is 7.87. The van der Waals surface area contributed by atoms with E-state index in [1.54, 1.807) is 0 Å². The third-order valence-corrected chi connectivity index (χ3v) is 6.75. The van der Waals surface area contributed by atoms with E-state index in [0.717, 1.165) is 6.07 Å². The van der Waals surface area contributed by atoms with Crippen LogP contribution in [-0.2, 0) is 29.8 Å². The Kier molecular flexibility index (Phi) is 5.48. The zero-order chi connectivity index (χ0) is 25.0. The quantitative estimate of drug-likeness (QED) is 0.198. The van der Waals surface area contributed by atoms with Crippen LogP contribution in [0.1, 0.15) is 0 Å². The van der Waals surface area contributed by atoms with Crippen LogP contribution >= 0.6 is 0 Å². The van der Waals surface area contributed by atoms with Crippen LogP contribution < -0.4 is 9.47 Å². The van der Waals surface area contributed by atoms with E-state index in [-0.39, 0.29) is 32.7 Å². The van der Waals surface area contributed by atoms with E-state index in [4.69, 9.17) is 14.6 Å². The van der Waals surface area contributed by atoms with Gasteiger partial charge in [-0.25, -0.2) is 9.59 Å². The standard InChI is InChI=1S/C20H14O12S2/c21-16(22)8-31-13-7-14(32-20(19(23)24)34(28,29)30)11-3-1-9-2-6-15(33(25,26)27)12-5-4-10(13)18(11)17(9)12/h1-7,20H,8H2,(H,21,22)(H,23,24)(H,25,26,27)(H,28,29,30). The summed E-state index contributed by atoms with van der Waals surface area (Å²) in [6.45, 7) is -0.819. The number of aliphatic carboxylic acids is 2. The average molecular weight is 510 g/mol. The van der Waals surface area contributed by atoms with Crippen LogP contribution in [-0.4, -0.2) is 60.1 Å². The molecular weight excluding hydrogens is 496 g/mol. The second-order valence-corrected chi connectivity index (χ2v) is 9.99. The number of carboxylic acid groups (broad SMARTS) is 2. The number of hydrogen-bond donors (Lipinski definition) is 4. The van der Waals surface area contributed by atoms with Gasteiger partial charge in [-0.1, -0.05) is 18.2 Å². The van der Waals surface area contributed by atoms with Gasteiger partial charge in [0.05, 0.1) is 0 Å². The monoisotopic (exact) mass is 510 g/mol. The summed E-state index contributed by atoms with van der Waals surface area (Å²) in [6, 6.07) is 9.40. The molecule has 1 unspecified atom stereocenters. The highest BCUT2D eigenvalue weighted by atomic mass is 32.2. The molecule has 0 spiro atoms. The largest absolute Gasteiger partial charge is 0.481 e. The molecule has 0 bridgehead atoms. The van der Waals surface area contributed by atoms with Crippen molar-refractivity contribution >= 4 is 64.5 Å². The van der Waals surface area contributed by atoms with Crippen LogP contribution in [0.2, 0.25) is 0 Å². The first-order valence-corrected chi connectivity index (χ1v) is 12.2. The normalized spacial score (nSPS) is 13.4. The first-order chi connectivity index (χ1) is 15.8. The zero-order valence-electron chi connectivity index (χ0n) is 16.7. The van der Waals surface area contributed by atoms with Crippen molar-refractivity contribution < 1.29 is 55.2 Å². The maximum atomic E-state index is 11.9. The van der Waals surface area contributed by atoms with Crippen molar-refractivity contribution in [2.24, 2.45) is 0 Å². The second kappa shape index (κ2) is 7.95. The van der Waals surface area contributed by atoms with E-state index in [1.807, 2.05) is 0 Å². The lowest BCUT2D eigenvalue weighted by atomic mass is 9.93. The molecule has 0 radical (unpaired) electrons. The van der Waals surface area contributed by atoms with Crippen molar-refractivity contribution in [1.82, 2.24) is 0 Å². The molecular formula is C20H14O12S2. The molecule has 0 saturated heterocycles. The van der Waals surface area contributed by atoms with Gasteiger partial charge in [0.1, 0.15) is 16.4 Å². The van der Waals surface area contributed by atoms with Gasteiger partial charge < -0.3 is 19.7 Å². The highest BCUT2D eigenvalue weighted by Gasteiger charge is 2.34. The molecule has 0 amide bonds. The molecule has 0 aromatic heterocycles. The fourth-order valence-corrected chi connectivity index (χ4v) is 4.91. The highest BCUT2D eigenvalue weighted by Crippen LogP contribution is 2.45. The summed E-state index contributed by atoms with van der Waals surface area (Å²) >= 11 is 0. The van der Waals surface area contributed by atoms with Gasteiger partial charge in [0.2, 0.25) is 0 Å². The summed E-state index contributed by atoms with van der Waals surface area (Å²) in [4.78, 5) is 22.0. The lowest BCUT2D eigenvalue weighted by Gasteiger charge is -2.20. The Morgan fingerprint density at radius 3 is 2.00 bits per heavy atom. The van der Waals surface area contributed by atoms with Crippen molar-refractivity contribution in [3.63, 3.8) is 0 Å². The maximum Gasteiger partial charge on any atom is 0.363 e. The van der Waals surface area contributed by atoms with Gasteiger partial charge in [0, 0.05) is 27.6 Å². The zero-order valence-corrected chi connectivity index (χ0v) is 18.3. The van der Waals surface area contributed by atoms with Crippen LogP contribution in [0.3, 0.4) is 0 Å². The molecule has 0 aliphatic rings. The predicted octanol–water partition coefficient (Wildman–Crippen LogP) is 1.97. The van der Waals surface area contributed by atoms with Gasteiger partial charge in [0.25, 0.3) is 10.1 Å². The van der Waals surface area contributed by atoms with Gasteiger partial charge in [-0.2, -0.15) is 16.8 Å². The molecule has 1 atom stereocenters. The van der Waals surface area contributed by atoms with E-state index < -0.39 is 54.9 Å². The average Bonchev–Trinajstić information content (AvgIpc) is 2.72. The van der Waals surface area contributed by atoms with Gasteiger partial charge in [0.15, 0.2) is 6.61 Å². The lowest BCUT2D eigenvalue weighted by molar-refractivity contribution is -0.141. The number of benzene rings is 4. The van der Waals surface area contributed by atoms with Crippen molar-refractivity contribution in [1.29, 1.82) is 0 Å². The molecule has 178 valence electrons. The maximum absolute atomic E-state index is 11.9. The Hall–Kier alpha value is -3.72. The minimum absolute atomic E-state index is 0.0870. The van der Waals surface area contributed by atoms with Crippen LogP contribution in [0.5, 0.6) is 11.5 Å². The molecule has 4 aromatic carbocycles. The summed E-state index contributed by atoms with van der Waals surface area (Å²) in [5, 5.41) is 19.7. The van der Waals surface area contributed by atoms with Gasteiger partial charge in [-0.05, 0) is 29.0 Å². The molecule has 0 fully saturated rings. The number of carboxylic acids is 2. The number of rotatable bonds is 8. The molecule has 14 heteroatoms. The summed E-state index contributed by atoms with van der Waals surface area (Å²) in [6.07, 6.45) is 0. The van der Waals surface area contributed by atoms with Crippen LogP contribution in [0.15, 0.2) is 47.4 Å². The number of ether oxygens (including phenoxy) is 2. The van der Waals surface area contributed by atoms with Crippen LogP contribution in [0.25, 0.3) is 32.3 Å². The van der Waals surface area contributed by atoms with Crippen molar-refractivity contribution in [2.75, 3.05) is 6.61 Å². The minimum Gasteiger partial charge on any atom is -0.481 e. The molecule has 4 N–H and O–H groups in total. The van der Waals surface area contributed by atoms with Gasteiger partial charge >= 0.3 is 27.5 Å². The third kappa shape index (κ3) is 4.03. The number of hydrogen-bond acceptors (Lipinski definition) is 8. The first kappa shape index (κ1) is 23.4. The lowest BCUT2D eigenvalue weighted by Crippen LogP contribution is -2.35. The molecule has 34 heavy (non-hydrogen) atoms. The Balaban J connectivity index is 2.12. The first-order valence-electron chi connectivity index (χ1n) is 9.21. The van der Waals surface area contributed by atoms with Crippen LogP contribution in [0, 0.1) is 0 Å². The van der Waals surface area contributed by atoms with E-state index in [2.05, 4.69) is 0 Å². The number of carbonyl (C=O) groups is 2. The fourth-order valence-electron chi connectivity index (χ4n) is 3.74. The minimum atomic E-state index is -5.23. The Morgan fingerprint density at radius 1 is 0.824 bits per heavy atom. The van der Waals surface area contributed by atoms with Gasteiger partial charge in [-0.15, -0.1) is 0 Å². The molecule has 4 aromatic rings. The van der Waals surface area contributed by atoms with Crippen molar-refractivity contribution in [3.05, 3.63) is 42.5 Å². The molecule has 4 rings (SSSR count). The topological polar surface area (TPSA) is 202 Å². The van der Waals surface area contributed by atoms with Crippen molar-refractivity contribution in [2.45, 2.75) is 10.3 Å². The van der Waals surface area contributed by atoms with E-state index in [0.29, 0.717) is 5.39 Å². The van der Waals surface area contributed by atoms with Crippen LogP contribution in [0.4, 0.5) is 0 Å². The summed E-state index contributed by atoms with van der Waals surface area (Å²) < 4.78 is 76.2. The molecule has 12 nitrogen and oxygen atoms in total. The van der Waals surface area contributed by atoms with E-state index in [1.165, 1.54) is 36.4 Å². The Labute approximate surface area is 190 Å². The smallest absolute Gasteiger partial charge is 0.363 e. The summed E-state index contributed by atoms with van der Waals surface area (Å²) in [7, 11) is -9.87. The predicted molar refractivity (Wildman–Crippen MR) is 117 cm³/mol. The van der Waals surface area contributed by atoms with E-state index >= 15 is 0 Å². The summed E-state index contributed by atoms with van der Waals surface area (Å²) in [5.74, 6) is -3.90. The van der Waals surface area contributed by atoms with Crippen molar-refractivity contribution in [3.8, 4) is 11.5 Å². The molecule has 0 aliphatic carbocycles. The SMILES string of the molecule is O=C(O)COc1cc(OC(C(=O)O)S(=O)(=O)O)c2ccc3ccc(S(=O)(=O)O)c4ccc1c2c34. The molecule has 0 aliphatic heterocycles. The third-order valence-electron chi connectivity index (χ3n) is 5.00. The molecule has 0 heterocycles.